The van der Waals surface area contributed by atoms with Crippen LogP contribution >= 0.6 is 15.9 Å². The van der Waals surface area contributed by atoms with E-state index in [0.717, 1.165) is 23.0 Å². The molecule has 2 rings (SSSR count). The molecule has 0 saturated carbocycles. The summed E-state index contributed by atoms with van der Waals surface area (Å²) in [6, 6.07) is 12.6. The zero-order valence-corrected chi connectivity index (χ0v) is 13.8. The first-order chi connectivity index (χ1) is 10.2. The molecule has 21 heavy (non-hydrogen) atoms. The summed E-state index contributed by atoms with van der Waals surface area (Å²) in [5.41, 5.74) is 1.04. The van der Waals surface area contributed by atoms with E-state index >= 15 is 0 Å². The zero-order chi connectivity index (χ0) is 15.2. The Kier molecular flexibility index (Phi) is 5.76. The van der Waals surface area contributed by atoms with Crippen molar-refractivity contribution in [1.82, 2.24) is 5.32 Å². The van der Waals surface area contributed by atoms with Crippen LogP contribution in [0.3, 0.4) is 0 Å². The van der Waals surface area contributed by atoms with Crippen molar-refractivity contribution < 1.29 is 9.13 Å². The molecule has 1 N–H and O–H groups in total. The molecule has 0 aromatic heterocycles. The second-order valence-electron chi connectivity index (χ2n) is 4.73. The van der Waals surface area contributed by atoms with Crippen molar-refractivity contribution in [2.75, 3.05) is 6.54 Å². The van der Waals surface area contributed by atoms with Gasteiger partial charge in [0.1, 0.15) is 5.75 Å². The Bertz CT molecular complexity index is 603. The molecule has 4 heteroatoms. The lowest BCUT2D eigenvalue weighted by Crippen LogP contribution is -2.20. The molecule has 0 heterocycles. The van der Waals surface area contributed by atoms with Gasteiger partial charge in [0.15, 0.2) is 11.6 Å². The number of benzene rings is 2. The molecular weight excluding hydrogens is 333 g/mol. The Balaban J connectivity index is 2.33. The maximum atomic E-state index is 13.9. The van der Waals surface area contributed by atoms with Crippen molar-refractivity contribution >= 4 is 15.9 Å². The molecule has 0 aliphatic rings. The predicted molar refractivity (Wildman–Crippen MR) is 87.3 cm³/mol. The molecule has 0 saturated heterocycles. The van der Waals surface area contributed by atoms with Crippen molar-refractivity contribution in [3.63, 3.8) is 0 Å². The lowest BCUT2D eigenvalue weighted by molar-refractivity contribution is 0.424. The molecule has 0 radical (unpaired) electrons. The molecule has 0 spiro atoms. The SMILES string of the molecule is CCNC(CC)c1ccccc1Oc1cc(Br)ccc1F. The number of ether oxygens (including phenoxy) is 1. The van der Waals surface area contributed by atoms with Crippen LogP contribution < -0.4 is 10.1 Å². The minimum absolute atomic E-state index is 0.196. The van der Waals surface area contributed by atoms with E-state index in [4.69, 9.17) is 4.74 Å². The number of halogens is 2. The van der Waals surface area contributed by atoms with E-state index in [1.165, 1.54) is 6.07 Å². The lowest BCUT2D eigenvalue weighted by Gasteiger charge is -2.20. The minimum Gasteiger partial charge on any atom is -0.454 e. The first-order valence-electron chi connectivity index (χ1n) is 7.10. The van der Waals surface area contributed by atoms with Crippen molar-refractivity contribution in [2.45, 2.75) is 26.3 Å². The van der Waals surface area contributed by atoms with Crippen molar-refractivity contribution in [2.24, 2.45) is 0 Å². The van der Waals surface area contributed by atoms with E-state index in [2.05, 4.69) is 35.1 Å². The predicted octanol–water partition coefficient (Wildman–Crippen LogP) is 5.44. The van der Waals surface area contributed by atoms with Gasteiger partial charge in [-0.15, -0.1) is 0 Å². The summed E-state index contributed by atoms with van der Waals surface area (Å²) < 4.78 is 20.4. The molecular formula is C17H19BrFNO. The van der Waals surface area contributed by atoms with E-state index in [1.807, 2.05) is 24.3 Å². The van der Waals surface area contributed by atoms with Crippen molar-refractivity contribution in [3.05, 3.63) is 58.3 Å². The van der Waals surface area contributed by atoms with E-state index in [1.54, 1.807) is 12.1 Å². The quantitative estimate of drug-likeness (QED) is 0.747. The van der Waals surface area contributed by atoms with E-state index in [9.17, 15) is 4.39 Å². The van der Waals surface area contributed by atoms with Crippen molar-refractivity contribution in [1.29, 1.82) is 0 Å². The third-order valence-electron chi connectivity index (χ3n) is 3.27. The monoisotopic (exact) mass is 351 g/mol. The summed E-state index contributed by atoms with van der Waals surface area (Å²) in [7, 11) is 0. The van der Waals surface area contributed by atoms with Gasteiger partial charge < -0.3 is 10.1 Å². The Labute approximate surface area is 133 Å². The Morgan fingerprint density at radius 1 is 1.14 bits per heavy atom. The molecule has 1 unspecified atom stereocenters. The van der Waals surface area contributed by atoms with Gasteiger partial charge in [0.25, 0.3) is 0 Å². The normalized spacial score (nSPS) is 12.2. The fraction of sp³-hybridized carbons (Fsp3) is 0.294. The van der Waals surface area contributed by atoms with Gasteiger partial charge in [-0.2, -0.15) is 0 Å². The van der Waals surface area contributed by atoms with Gasteiger partial charge >= 0.3 is 0 Å². The molecule has 1 atom stereocenters. The molecule has 0 amide bonds. The number of nitrogens with one attached hydrogen (secondary N) is 1. The highest BCUT2D eigenvalue weighted by Crippen LogP contribution is 2.33. The highest BCUT2D eigenvalue weighted by atomic mass is 79.9. The van der Waals surface area contributed by atoms with Crippen molar-refractivity contribution in [3.8, 4) is 11.5 Å². The van der Waals surface area contributed by atoms with Gasteiger partial charge in [-0.05, 0) is 37.2 Å². The van der Waals surface area contributed by atoms with Crippen LogP contribution in [-0.2, 0) is 0 Å². The average Bonchev–Trinajstić information content (AvgIpc) is 2.49. The highest BCUT2D eigenvalue weighted by Gasteiger charge is 2.15. The lowest BCUT2D eigenvalue weighted by atomic mass is 10.0. The van der Waals surface area contributed by atoms with Crippen LogP contribution in [0.1, 0.15) is 31.9 Å². The van der Waals surface area contributed by atoms with Gasteiger partial charge in [-0.3, -0.25) is 0 Å². The summed E-state index contributed by atoms with van der Waals surface area (Å²) in [5, 5.41) is 3.42. The minimum atomic E-state index is -0.371. The molecule has 0 aliphatic carbocycles. The first kappa shape index (κ1) is 16.0. The van der Waals surface area contributed by atoms with Gasteiger partial charge in [-0.1, -0.05) is 48.0 Å². The number of hydrogen-bond donors (Lipinski definition) is 1. The Hall–Kier alpha value is -1.39. The molecule has 2 aromatic carbocycles. The van der Waals surface area contributed by atoms with Crippen LogP contribution in [0.25, 0.3) is 0 Å². The molecule has 112 valence electrons. The fourth-order valence-corrected chi connectivity index (χ4v) is 2.60. The fourth-order valence-electron chi connectivity index (χ4n) is 2.26. The molecule has 2 aromatic rings. The summed E-state index contributed by atoms with van der Waals surface area (Å²) >= 11 is 3.34. The second kappa shape index (κ2) is 7.57. The van der Waals surface area contributed by atoms with Gasteiger partial charge in [-0.25, -0.2) is 4.39 Å². The third kappa shape index (κ3) is 4.05. The van der Waals surface area contributed by atoms with Crippen LogP contribution in [0, 0.1) is 5.82 Å². The van der Waals surface area contributed by atoms with Crippen LogP contribution in [0.15, 0.2) is 46.9 Å². The van der Waals surface area contributed by atoms with Gasteiger partial charge in [0.2, 0.25) is 0 Å². The second-order valence-corrected chi connectivity index (χ2v) is 5.65. The van der Waals surface area contributed by atoms with E-state index in [-0.39, 0.29) is 17.6 Å². The highest BCUT2D eigenvalue weighted by molar-refractivity contribution is 9.10. The standard InChI is InChI=1S/C17H19BrFNO/c1-3-15(20-4-2)13-7-5-6-8-16(13)21-17-11-12(18)9-10-14(17)19/h5-11,15,20H,3-4H2,1-2H3. The molecule has 2 nitrogen and oxygen atoms in total. The molecule has 0 fully saturated rings. The smallest absolute Gasteiger partial charge is 0.165 e. The topological polar surface area (TPSA) is 21.3 Å². The van der Waals surface area contributed by atoms with E-state index < -0.39 is 0 Å². The summed E-state index contributed by atoms with van der Waals surface area (Å²) in [5.74, 6) is 0.537. The number of rotatable bonds is 6. The Morgan fingerprint density at radius 2 is 1.90 bits per heavy atom. The van der Waals surface area contributed by atoms with Crippen LogP contribution in [0.4, 0.5) is 4.39 Å². The van der Waals surface area contributed by atoms with Gasteiger partial charge in [0.05, 0.1) is 0 Å². The summed E-state index contributed by atoms with van der Waals surface area (Å²) in [6.45, 7) is 5.06. The molecule has 0 bridgehead atoms. The summed E-state index contributed by atoms with van der Waals surface area (Å²) in [6.07, 6.45) is 0.940. The van der Waals surface area contributed by atoms with Crippen LogP contribution in [0.2, 0.25) is 0 Å². The third-order valence-corrected chi connectivity index (χ3v) is 3.76. The summed E-state index contributed by atoms with van der Waals surface area (Å²) in [4.78, 5) is 0. The average molecular weight is 352 g/mol. The van der Waals surface area contributed by atoms with Crippen LogP contribution in [-0.4, -0.2) is 6.54 Å². The number of hydrogen-bond acceptors (Lipinski definition) is 2. The zero-order valence-electron chi connectivity index (χ0n) is 12.2. The van der Waals surface area contributed by atoms with E-state index in [0.29, 0.717) is 5.75 Å². The maximum Gasteiger partial charge on any atom is 0.165 e. The van der Waals surface area contributed by atoms with Crippen LogP contribution in [0.5, 0.6) is 11.5 Å². The molecule has 0 aliphatic heterocycles. The first-order valence-corrected chi connectivity index (χ1v) is 7.90. The maximum absolute atomic E-state index is 13.9. The van der Waals surface area contributed by atoms with Gasteiger partial charge in [0, 0.05) is 16.1 Å². The Morgan fingerprint density at radius 3 is 2.62 bits per heavy atom. The largest absolute Gasteiger partial charge is 0.454 e. The number of para-hydroxylation sites is 1.